The molecule has 0 unspecified atom stereocenters. The molecule has 0 spiro atoms. The van der Waals surface area contributed by atoms with Crippen LogP contribution in [0.4, 0.5) is 11.8 Å². The number of hydrogen-bond acceptors (Lipinski definition) is 4. The highest BCUT2D eigenvalue weighted by Gasteiger charge is 2.09. The van der Waals surface area contributed by atoms with Crippen molar-refractivity contribution < 1.29 is 0 Å². The van der Waals surface area contributed by atoms with E-state index in [0.717, 1.165) is 16.4 Å². The first-order valence-electron chi connectivity index (χ1n) is 4.55. The Morgan fingerprint density at radius 3 is 2.73 bits per heavy atom. The van der Waals surface area contributed by atoms with Crippen molar-refractivity contribution in [3.05, 3.63) is 24.3 Å². The second kappa shape index (κ2) is 2.60. The van der Waals surface area contributed by atoms with Gasteiger partial charge in [0, 0.05) is 5.39 Å². The van der Waals surface area contributed by atoms with E-state index >= 15 is 0 Å². The third-order valence-corrected chi connectivity index (χ3v) is 2.38. The van der Waals surface area contributed by atoms with Gasteiger partial charge in [-0.2, -0.15) is 0 Å². The summed E-state index contributed by atoms with van der Waals surface area (Å²) in [6, 6.07) is 7.72. The number of hydrogen-bond donors (Lipinski definition) is 3. The van der Waals surface area contributed by atoms with Gasteiger partial charge in [-0.25, -0.2) is 9.97 Å². The topological polar surface area (TPSA) is 93.6 Å². The highest BCUT2D eigenvalue weighted by Crippen LogP contribution is 2.25. The molecule has 15 heavy (non-hydrogen) atoms. The van der Waals surface area contributed by atoms with Gasteiger partial charge in [0.2, 0.25) is 0 Å². The maximum Gasteiger partial charge on any atom is 0.198 e. The Bertz CT molecular complexity index is 655. The van der Waals surface area contributed by atoms with E-state index in [2.05, 4.69) is 15.0 Å². The van der Waals surface area contributed by atoms with Gasteiger partial charge in [-0.3, -0.25) is 0 Å². The van der Waals surface area contributed by atoms with E-state index in [1.54, 1.807) is 0 Å². The fraction of sp³-hybridized carbons (Fsp3) is 0. The number of benzene rings is 1. The number of aromatic amines is 1. The molecule has 0 aliphatic rings. The largest absolute Gasteiger partial charge is 0.382 e. The summed E-state index contributed by atoms with van der Waals surface area (Å²) in [7, 11) is 0. The molecule has 0 amide bonds. The molecule has 5 nitrogen and oxygen atoms in total. The molecule has 0 saturated carbocycles. The highest BCUT2D eigenvalue weighted by molar-refractivity contribution is 6.06. The summed E-state index contributed by atoms with van der Waals surface area (Å²) >= 11 is 0. The van der Waals surface area contributed by atoms with Gasteiger partial charge in [0.05, 0.1) is 11.0 Å². The van der Waals surface area contributed by atoms with Gasteiger partial charge in [0.1, 0.15) is 5.52 Å². The minimum Gasteiger partial charge on any atom is -0.382 e. The SMILES string of the molecule is Nc1nc2c(N)nc3ccccc3c2[nH]1. The second-order valence-corrected chi connectivity index (χ2v) is 3.36. The van der Waals surface area contributed by atoms with Gasteiger partial charge < -0.3 is 16.5 Å². The first-order valence-corrected chi connectivity index (χ1v) is 4.55. The maximum absolute atomic E-state index is 5.79. The van der Waals surface area contributed by atoms with Crippen molar-refractivity contribution >= 4 is 33.7 Å². The number of anilines is 2. The summed E-state index contributed by atoms with van der Waals surface area (Å²) in [5.74, 6) is 0.756. The van der Waals surface area contributed by atoms with Crippen LogP contribution in [0.15, 0.2) is 24.3 Å². The van der Waals surface area contributed by atoms with Crippen molar-refractivity contribution in [3.8, 4) is 0 Å². The van der Waals surface area contributed by atoms with E-state index in [-0.39, 0.29) is 0 Å². The standard InChI is InChI=1S/C10H9N5/c11-9-8-7(14-10(12)15-8)5-3-1-2-4-6(5)13-9/h1-4H,(H2,11,13)(H3,12,14,15). The number of para-hydroxylation sites is 1. The minimum atomic E-state index is 0.356. The van der Waals surface area contributed by atoms with Crippen LogP contribution in [0, 0.1) is 0 Å². The predicted octanol–water partition coefficient (Wildman–Crippen LogP) is 1.28. The molecule has 0 radical (unpaired) electrons. The summed E-state index contributed by atoms with van der Waals surface area (Å²) in [6.07, 6.45) is 0. The summed E-state index contributed by atoms with van der Waals surface area (Å²) in [5.41, 5.74) is 13.7. The van der Waals surface area contributed by atoms with E-state index in [0.29, 0.717) is 17.3 Å². The zero-order valence-electron chi connectivity index (χ0n) is 7.86. The van der Waals surface area contributed by atoms with Crippen molar-refractivity contribution in [2.75, 3.05) is 11.5 Å². The fourth-order valence-corrected chi connectivity index (χ4v) is 1.74. The van der Waals surface area contributed by atoms with Crippen molar-refractivity contribution in [1.29, 1.82) is 0 Å². The van der Waals surface area contributed by atoms with Gasteiger partial charge in [0.25, 0.3) is 0 Å². The Labute approximate surface area is 85.1 Å². The van der Waals surface area contributed by atoms with Gasteiger partial charge in [-0.15, -0.1) is 0 Å². The molecule has 74 valence electrons. The average molecular weight is 199 g/mol. The van der Waals surface area contributed by atoms with Gasteiger partial charge in [0.15, 0.2) is 11.8 Å². The summed E-state index contributed by atoms with van der Waals surface area (Å²) < 4.78 is 0. The lowest BCUT2D eigenvalue weighted by Gasteiger charge is -1.99. The predicted molar refractivity (Wildman–Crippen MR) is 60.2 cm³/mol. The smallest absolute Gasteiger partial charge is 0.198 e. The first kappa shape index (κ1) is 8.05. The number of nitrogen functional groups attached to an aromatic ring is 2. The molecule has 3 rings (SSSR count). The zero-order valence-corrected chi connectivity index (χ0v) is 7.86. The number of pyridine rings is 1. The lowest BCUT2D eigenvalue weighted by molar-refractivity contribution is 1.35. The van der Waals surface area contributed by atoms with Crippen molar-refractivity contribution in [3.63, 3.8) is 0 Å². The molecule has 1 aromatic carbocycles. The molecule has 0 aliphatic carbocycles. The van der Waals surface area contributed by atoms with Crippen LogP contribution in [0.1, 0.15) is 0 Å². The summed E-state index contributed by atoms with van der Waals surface area (Å²) in [4.78, 5) is 11.3. The van der Waals surface area contributed by atoms with E-state index < -0.39 is 0 Å². The van der Waals surface area contributed by atoms with Crippen molar-refractivity contribution in [2.24, 2.45) is 0 Å². The van der Waals surface area contributed by atoms with Crippen LogP contribution in [0.2, 0.25) is 0 Å². The number of nitrogens with one attached hydrogen (secondary N) is 1. The molecule has 5 N–H and O–H groups in total. The van der Waals surface area contributed by atoms with E-state index in [1.165, 1.54) is 0 Å². The molecule has 2 aromatic heterocycles. The van der Waals surface area contributed by atoms with E-state index in [1.807, 2.05) is 24.3 Å². The van der Waals surface area contributed by atoms with Gasteiger partial charge in [-0.1, -0.05) is 18.2 Å². The number of imidazole rings is 1. The zero-order chi connectivity index (χ0) is 10.4. The Balaban J connectivity index is 2.63. The Morgan fingerprint density at radius 1 is 1.07 bits per heavy atom. The van der Waals surface area contributed by atoms with Crippen LogP contribution in [-0.2, 0) is 0 Å². The Hall–Kier alpha value is -2.30. The molecule has 0 atom stereocenters. The highest BCUT2D eigenvalue weighted by atomic mass is 15.0. The molecule has 0 fully saturated rings. The van der Waals surface area contributed by atoms with Crippen LogP contribution in [0.25, 0.3) is 21.9 Å². The summed E-state index contributed by atoms with van der Waals surface area (Å²) in [5, 5.41) is 0.978. The van der Waals surface area contributed by atoms with Crippen LogP contribution in [-0.4, -0.2) is 15.0 Å². The second-order valence-electron chi connectivity index (χ2n) is 3.36. The van der Waals surface area contributed by atoms with Crippen LogP contribution in [0.5, 0.6) is 0 Å². The summed E-state index contributed by atoms with van der Waals surface area (Å²) in [6.45, 7) is 0. The number of aromatic nitrogens is 3. The number of fused-ring (bicyclic) bond motifs is 3. The molecular weight excluding hydrogens is 190 g/mol. The fourth-order valence-electron chi connectivity index (χ4n) is 1.74. The van der Waals surface area contributed by atoms with Crippen molar-refractivity contribution in [1.82, 2.24) is 15.0 Å². The van der Waals surface area contributed by atoms with Crippen LogP contribution in [0.3, 0.4) is 0 Å². The van der Waals surface area contributed by atoms with Gasteiger partial charge >= 0.3 is 0 Å². The molecule has 0 aliphatic heterocycles. The van der Waals surface area contributed by atoms with E-state index in [9.17, 15) is 0 Å². The molecule has 3 aromatic rings. The van der Waals surface area contributed by atoms with Gasteiger partial charge in [-0.05, 0) is 6.07 Å². The Kier molecular flexibility index (Phi) is 1.39. The first-order chi connectivity index (χ1) is 7.25. The quantitative estimate of drug-likeness (QED) is 0.508. The molecule has 0 saturated heterocycles. The molecular formula is C10H9N5. The molecule has 2 heterocycles. The normalized spacial score (nSPS) is 11.2. The van der Waals surface area contributed by atoms with Crippen LogP contribution >= 0.6 is 0 Å². The Morgan fingerprint density at radius 2 is 1.87 bits per heavy atom. The average Bonchev–Trinajstić information content (AvgIpc) is 2.61. The lowest BCUT2D eigenvalue weighted by atomic mass is 10.2. The maximum atomic E-state index is 5.79. The third-order valence-electron chi connectivity index (χ3n) is 2.38. The number of rotatable bonds is 0. The molecule has 5 heteroatoms. The lowest BCUT2D eigenvalue weighted by Crippen LogP contribution is -1.92. The van der Waals surface area contributed by atoms with Crippen LogP contribution < -0.4 is 11.5 Å². The van der Waals surface area contributed by atoms with E-state index in [4.69, 9.17) is 11.5 Å². The minimum absolute atomic E-state index is 0.356. The monoisotopic (exact) mass is 199 g/mol. The third kappa shape index (κ3) is 1.03. The molecule has 0 bridgehead atoms. The number of H-pyrrole nitrogens is 1. The van der Waals surface area contributed by atoms with Crippen molar-refractivity contribution in [2.45, 2.75) is 0 Å². The number of nitrogens with two attached hydrogens (primary N) is 2. The number of nitrogens with zero attached hydrogens (tertiary/aromatic N) is 2.